The number of aromatic nitrogens is 1. The second kappa shape index (κ2) is 7.21. The number of halogens is 1. The molecule has 1 saturated carbocycles. The topological polar surface area (TPSA) is 83.0 Å². The molecule has 4 aromatic rings. The van der Waals surface area contributed by atoms with E-state index in [0.29, 0.717) is 31.6 Å². The van der Waals surface area contributed by atoms with Crippen LogP contribution in [0.25, 0.3) is 17.4 Å². The van der Waals surface area contributed by atoms with Gasteiger partial charge in [-0.2, -0.15) is 0 Å². The number of thiazole rings is 1. The average Bonchev–Trinajstić information content (AvgIpc) is 3.28. The molecule has 7 rings (SSSR count). The van der Waals surface area contributed by atoms with Crippen LogP contribution in [-0.4, -0.2) is 28.8 Å². The zero-order valence-corrected chi connectivity index (χ0v) is 20.8. The maximum Gasteiger partial charge on any atom is 0.315 e. The lowest BCUT2D eigenvalue weighted by Crippen LogP contribution is -2.47. The predicted octanol–water partition coefficient (Wildman–Crippen LogP) is 3.57. The minimum absolute atomic E-state index is 0.207. The van der Waals surface area contributed by atoms with Crippen molar-refractivity contribution < 1.29 is 18.7 Å². The first-order valence-corrected chi connectivity index (χ1v) is 12.6. The van der Waals surface area contributed by atoms with Crippen LogP contribution in [0.15, 0.2) is 74.9 Å². The van der Waals surface area contributed by atoms with E-state index in [0.717, 1.165) is 11.1 Å². The molecule has 4 atom stereocenters. The molecule has 0 amide bonds. The molecule has 7 nitrogen and oxygen atoms in total. The van der Waals surface area contributed by atoms with Crippen molar-refractivity contribution in [2.45, 2.75) is 24.1 Å². The number of carbonyl (C=O) groups is 1. The Kier molecular flexibility index (Phi) is 4.34. The first-order chi connectivity index (χ1) is 17.4. The quantitative estimate of drug-likeness (QED) is 0.387. The lowest BCUT2D eigenvalue weighted by molar-refractivity contribution is -0.144. The third kappa shape index (κ3) is 2.66. The first-order valence-electron chi connectivity index (χ1n) is 11.4. The van der Waals surface area contributed by atoms with Crippen LogP contribution >= 0.6 is 22.9 Å². The third-order valence-corrected chi connectivity index (χ3v) is 8.68. The van der Waals surface area contributed by atoms with Crippen LogP contribution < -0.4 is 19.6 Å². The van der Waals surface area contributed by atoms with E-state index in [1.807, 2.05) is 61.5 Å². The predicted molar refractivity (Wildman–Crippen MR) is 134 cm³/mol. The zero-order valence-electron chi connectivity index (χ0n) is 19.2. The Labute approximate surface area is 213 Å². The van der Waals surface area contributed by atoms with Gasteiger partial charge in [-0.15, -0.1) is 0 Å². The lowest BCUT2D eigenvalue weighted by Gasteiger charge is -2.26. The number of hydrogen-bond acceptors (Lipinski definition) is 7. The van der Waals surface area contributed by atoms with Crippen molar-refractivity contribution >= 4 is 35.0 Å². The van der Waals surface area contributed by atoms with Gasteiger partial charge in [-0.1, -0.05) is 53.3 Å². The number of rotatable bonds is 3. The van der Waals surface area contributed by atoms with Gasteiger partial charge in [0.25, 0.3) is 5.56 Å². The van der Waals surface area contributed by atoms with Crippen LogP contribution in [0.2, 0.25) is 5.02 Å². The van der Waals surface area contributed by atoms with Crippen molar-refractivity contribution in [1.29, 1.82) is 0 Å². The van der Waals surface area contributed by atoms with Gasteiger partial charge in [-0.25, -0.2) is 4.99 Å². The fraction of sp³-hybridized carbons (Fsp3) is 0.222. The minimum Gasteiger partial charge on any atom is -0.481 e. The number of hydrogen-bond donors (Lipinski definition) is 0. The highest BCUT2D eigenvalue weighted by Crippen LogP contribution is 2.70. The van der Waals surface area contributed by atoms with Crippen molar-refractivity contribution in [3.05, 3.63) is 96.7 Å². The summed E-state index contributed by atoms with van der Waals surface area (Å²) in [5, 5.41) is 0.616. The summed E-state index contributed by atoms with van der Waals surface area (Å²) < 4.78 is 19.7. The molecule has 1 fully saturated rings. The molecule has 0 saturated heterocycles. The normalized spacial score (nSPS) is 27.2. The molecule has 0 bridgehead atoms. The molecule has 1 spiro atoms. The van der Waals surface area contributed by atoms with Gasteiger partial charge < -0.3 is 13.9 Å². The van der Waals surface area contributed by atoms with Gasteiger partial charge >= 0.3 is 5.97 Å². The summed E-state index contributed by atoms with van der Waals surface area (Å²) in [5.41, 5.74) is -0.338. The standard InChI is InChI=1S/C27H19ClN2O5S/c1-26-21(24(32)33-2)27(26)22(17-8-3-4-9-19(17)35-27)30-23(31)20(36-25(30)29-26)13-16-10-11-18(34-16)14-6-5-7-15(28)12-14/h3-13,21-22H,1-2H3/b20-13+. The highest BCUT2D eigenvalue weighted by molar-refractivity contribution is 7.07. The number of carbonyl (C=O) groups excluding carboxylic acids is 1. The van der Waals surface area contributed by atoms with Crippen LogP contribution in [0.5, 0.6) is 5.75 Å². The van der Waals surface area contributed by atoms with Crippen LogP contribution in [0.3, 0.4) is 0 Å². The summed E-state index contributed by atoms with van der Waals surface area (Å²) in [5.74, 6) is 0.850. The Hall–Kier alpha value is -3.62. The zero-order chi connectivity index (χ0) is 24.8. The summed E-state index contributed by atoms with van der Waals surface area (Å²) in [4.78, 5) is 32.0. The SMILES string of the molecule is COC(=O)C1C2(C)N=c3s/c(=C/c4ccc(-c5cccc(Cl)c5)o4)c(=O)n3C3c4ccccc4OC312. The van der Waals surface area contributed by atoms with Gasteiger partial charge in [-0.05, 0) is 37.3 Å². The van der Waals surface area contributed by atoms with E-state index in [4.69, 9.17) is 30.5 Å². The van der Waals surface area contributed by atoms with E-state index in [1.54, 1.807) is 16.7 Å². The van der Waals surface area contributed by atoms with E-state index < -0.39 is 29.1 Å². The number of furan rings is 1. The van der Waals surface area contributed by atoms with E-state index >= 15 is 0 Å². The monoisotopic (exact) mass is 518 g/mol. The first kappa shape index (κ1) is 21.6. The van der Waals surface area contributed by atoms with E-state index in [-0.39, 0.29) is 5.56 Å². The Morgan fingerprint density at radius 1 is 1.19 bits per heavy atom. The fourth-order valence-electron chi connectivity index (χ4n) is 5.82. The van der Waals surface area contributed by atoms with Gasteiger partial charge in [0, 0.05) is 22.2 Å². The highest BCUT2D eigenvalue weighted by atomic mass is 35.5. The molecular weight excluding hydrogens is 500 g/mol. The van der Waals surface area contributed by atoms with Crippen LogP contribution in [0, 0.1) is 5.92 Å². The highest BCUT2D eigenvalue weighted by Gasteiger charge is 2.88. The molecule has 36 heavy (non-hydrogen) atoms. The largest absolute Gasteiger partial charge is 0.481 e. The number of ether oxygens (including phenoxy) is 2. The second-order valence-corrected chi connectivity index (χ2v) is 10.8. The summed E-state index contributed by atoms with van der Waals surface area (Å²) in [7, 11) is 1.36. The summed E-state index contributed by atoms with van der Waals surface area (Å²) >= 11 is 7.39. The molecule has 0 radical (unpaired) electrons. The van der Waals surface area contributed by atoms with Crippen molar-refractivity contribution in [2.24, 2.45) is 10.9 Å². The van der Waals surface area contributed by atoms with Crippen LogP contribution in [0.1, 0.15) is 24.3 Å². The summed E-state index contributed by atoms with van der Waals surface area (Å²) in [6, 6.07) is 18.2. The molecule has 180 valence electrons. The average molecular weight is 519 g/mol. The molecule has 0 N–H and O–H groups in total. The molecule has 9 heteroatoms. The molecule has 4 unspecified atom stereocenters. The van der Waals surface area contributed by atoms with Crippen LogP contribution in [-0.2, 0) is 9.53 Å². The molecule has 2 aromatic carbocycles. The third-order valence-electron chi connectivity index (χ3n) is 7.47. The Morgan fingerprint density at radius 3 is 2.83 bits per heavy atom. The fourth-order valence-corrected chi connectivity index (χ4v) is 7.09. The van der Waals surface area contributed by atoms with E-state index in [1.165, 1.54) is 18.4 Å². The molecule has 2 aromatic heterocycles. The molecule has 2 aliphatic heterocycles. The molecule has 3 aliphatic rings. The van der Waals surface area contributed by atoms with E-state index in [9.17, 15) is 9.59 Å². The number of fused-ring (bicyclic) bond motifs is 4. The molecule has 1 aliphatic carbocycles. The van der Waals surface area contributed by atoms with Gasteiger partial charge in [-0.3, -0.25) is 14.2 Å². The smallest absolute Gasteiger partial charge is 0.315 e. The maximum absolute atomic E-state index is 13.8. The van der Waals surface area contributed by atoms with E-state index in [2.05, 4.69) is 0 Å². The Balaban J connectivity index is 1.39. The Bertz CT molecular complexity index is 1770. The van der Waals surface area contributed by atoms with Gasteiger partial charge in [0.1, 0.15) is 34.8 Å². The summed E-state index contributed by atoms with van der Waals surface area (Å²) in [6.45, 7) is 1.90. The van der Waals surface area contributed by atoms with Gasteiger partial charge in [0.15, 0.2) is 10.4 Å². The molecular formula is C27H19ClN2O5S. The summed E-state index contributed by atoms with van der Waals surface area (Å²) in [6.07, 6.45) is 1.72. The number of nitrogens with zero attached hydrogens (tertiary/aromatic N) is 2. The number of para-hydroxylation sites is 1. The van der Waals surface area contributed by atoms with Crippen molar-refractivity contribution in [3.8, 4) is 17.1 Å². The second-order valence-electron chi connectivity index (χ2n) is 9.33. The van der Waals surface area contributed by atoms with Crippen molar-refractivity contribution in [2.75, 3.05) is 7.11 Å². The van der Waals surface area contributed by atoms with Crippen molar-refractivity contribution in [3.63, 3.8) is 0 Å². The minimum atomic E-state index is -0.997. The lowest BCUT2D eigenvalue weighted by atomic mass is 9.97. The van der Waals surface area contributed by atoms with Crippen LogP contribution in [0.4, 0.5) is 0 Å². The number of benzene rings is 2. The van der Waals surface area contributed by atoms with Gasteiger partial charge in [0.05, 0.1) is 11.6 Å². The number of methoxy groups -OCH3 is 1. The van der Waals surface area contributed by atoms with Crippen molar-refractivity contribution in [1.82, 2.24) is 4.57 Å². The maximum atomic E-state index is 13.8. The Morgan fingerprint density at radius 2 is 2.03 bits per heavy atom. The number of esters is 1. The molecule has 4 heterocycles. The van der Waals surface area contributed by atoms with Gasteiger partial charge in [0.2, 0.25) is 0 Å².